The average molecular weight is 338 g/mol. The van der Waals surface area contributed by atoms with Crippen LogP contribution in [0.5, 0.6) is 11.5 Å². The first-order chi connectivity index (χ1) is 9.60. The topological polar surface area (TPSA) is 35.2 Å². The van der Waals surface area contributed by atoms with E-state index in [1.54, 1.807) is 18.2 Å². The number of rotatable bonds is 5. The van der Waals surface area contributed by atoms with Gasteiger partial charge >= 0.3 is 0 Å². The minimum atomic E-state index is -0.377. The van der Waals surface area contributed by atoms with Crippen LogP contribution < -0.4 is 10.5 Å². The molecule has 2 aromatic rings. The fourth-order valence-corrected chi connectivity index (χ4v) is 2.20. The molecule has 0 radical (unpaired) electrons. The summed E-state index contributed by atoms with van der Waals surface area (Å²) >= 11 is 3.41. The Morgan fingerprint density at radius 1 is 1.20 bits per heavy atom. The third kappa shape index (κ3) is 3.81. The molecule has 0 saturated heterocycles. The van der Waals surface area contributed by atoms with E-state index >= 15 is 0 Å². The van der Waals surface area contributed by atoms with E-state index in [2.05, 4.69) is 15.9 Å². The van der Waals surface area contributed by atoms with Crippen molar-refractivity contribution >= 4 is 15.9 Å². The van der Waals surface area contributed by atoms with Crippen molar-refractivity contribution in [1.82, 2.24) is 0 Å². The molecule has 2 nitrogen and oxygen atoms in total. The van der Waals surface area contributed by atoms with E-state index < -0.39 is 0 Å². The monoisotopic (exact) mass is 337 g/mol. The number of hydrogen-bond donors (Lipinski definition) is 1. The normalized spacial score (nSPS) is 12.2. The molecular formula is C16H17BrFNO. The number of hydrogen-bond acceptors (Lipinski definition) is 2. The zero-order valence-corrected chi connectivity index (χ0v) is 12.9. The van der Waals surface area contributed by atoms with Crippen LogP contribution in [0.15, 0.2) is 46.9 Å². The van der Waals surface area contributed by atoms with Crippen LogP contribution in [0.3, 0.4) is 0 Å². The molecule has 0 heterocycles. The summed E-state index contributed by atoms with van der Waals surface area (Å²) in [6.45, 7) is 2.04. The molecule has 2 rings (SSSR count). The Hall–Kier alpha value is -1.39. The van der Waals surface area contributed by atoms with Gasteiger partial charge in [-0.15, -0.1) is 0 Å². The van der Waals surface area contributed by atoms with Gasteiger partial charge in [-0.3, -0.25) is 0 Å². The quantitative estimate of drug-likeness (QED) is 0.861. The molecule has 0 fully saturated rings. The third-order valence-corrected chi connectivity index (χ3v) is 3.59. The highest BCUT2D eigenvalue weighted by Gasteiger charge is 2.11. The van der Waals surface area contributed by atoms with Gasteiger partial charge < -0.3 is 10.5 Å². The van der Waals surface area contributed by atoms with Crippen molar-refractivity contribution in [1.29, 1.82) is 0 Å². The average Bonchev–Trinajstić information content (AvgIpc) is 2.44. The van der Waals surface area contributed by atoms with Crippen LogP contribution in [0, 0.1) is 5.82 Å². The highest BCUT2D eigenvalue weighted by Crippen LogP contribution is 2.30. The molecule has 0 amide bonds. The molecule has 106 valence electrons. The number of nitrogens with two attached hydrogens (primary N) is 1. The molecule has 0 aromatic heterocycles. The van der Waals surface area contributed by atoms with Gasteiger partial charge in [0.15, 0.2) is 11.6 Å². The van der Waals surface area contributed by atoms with Crippen LogP contribution >= 0.6 is 15.9 Å². The molecule has 0 aliphatic rings. The molecule has 0 spiro atoms. The summed E-state index contributed by atoms with van der Waals surface area (Å²) in [5.74, 6) is 0.475. The smallest absolute Gasteiger partial charge is 0.165 e. The van der Waals surface area contributed by atoms with Gasteiger partial charge in [0, 0.05) is 10.5 Å². The van der Waals surface area contributed by atoms with E-state index in [1.165, 1.54) is 6.07 Å². The largest absolute Gasteiger partial charge is 0.454 e. The Balaban J connectivity index is 2.30. The number of ether oxygens (including phenoxy) is 1. The predicted octanol–water partition coefficient (Wildman–Crippen LogP) is 4.66. The second kappa shape index (κ2) is 6.86. The van der Waals surface area contributed by atoms with Gasteiger partial charge in [0.2, 0.25) is 0 Å². The Bertz CT molecular complexity index is 588. The maximum Gasteiger partial charge on any atom is 0.165 e. The van der Waals surface area contributed by atoms with Crippen molar-refractivity contribution < 1.29 is 9.13 Å². The molecule has 0 aliphatic carbocycles. The van der Waals surface area contributed by atoms with Crippen molar-refractivity contribution in [3.8, 4) is 11.5 Å². The summed E-state index contributed by atoms with van der Waals surface area (Å²) < 4.78 is 20.3. The second-order valence-electron chi connectivity index (χ2n) is 4.66. The molecule has 0 saturated carbocycles. The Morgan fingerprint density at radius 3 is 2.65 bits per heavy atom. The molecular weight excluding hydrogens is 321 g/mol. The first kappa shape index (κ1) is 15.0. The van der Waals surface area contributed by atoms with Gasteiger partial charge in [0.05, 0.1) is 0 Å². The number of benzene rings is 2. The van der Waals surface area contributed by atoms with E-state index in [0.29, 0.717) is 12.2 Å². The first-order valence-corrected chi connectivity index (χ1v) is 7.36. The predicted molar refractivity (Wildman–Crippen MR) is 82.6 cm³/mol. The van der Waals surface area contributed by atoms with Crippen LogP contribution in [0.25, 0.3) is 0 Å². The van der Waals surface area contributed by atoms with Crippen LogP contribution in [0.2, 0.25) is 0 Å². The fourth-order valence-electron chi connectivity index (χ4n) is 1.86. The van der Waals surface area contributed by atoms with E-state index in [0.717, 1.165) is 16.5 Å². The lowest BCUT2D eigenvalue weighted by molar-refractivity contribution is 0.435. The van der Waals surface area contributed by atoms with Crippen molar-refractivity contribution in [2.24, 2.45) is 5.73 Å². The number of para-hydroxylation sites is 1. The highest BCUT2D eigenvalue weighted by molar-refractivity contribution is 9.10. The molecule has 1 atom stereocenters. The van der Waals surface area contributed by atoms with Gasteiger partial charge in [-0.25, -0.2) is 4.39 Å². The highest BCUT2D eigenvalue weighted by atomic mass is 79.9. The van der Waals surface area contributed by atoms with Crippen LogP contribution in [0.1, 0.15) is 18.9 Å². The van der Waals surface area contributed by atoms with Crippen molar-refractivity contribution in [3.05, 3.63) is 58.3 Å². The first-order valence-electron chi connectivity index (χ1n) is 6.56. The maximum atomic E-state index is 13.7. The lowest BCUT2D eigenvalue weighted by Crippen LogP contribution is -2.21. The second-order valence-corrected chi connectivity index (χ2v) is 5.57. The summed E-state index contributed by atoms with van der Waals surface area (Å²) in [5, 5.41) is 0. The van der Waals surface area contributed by atoms with E-state index in [4.69, 9.17) is 10.5 Å². The lowest BCUT2D eigenvalue weighted by atomic mass is 10.0. The van der Waals surface area contributed by atoms with Gasteiger partial charge in [-0.2, -0.15) is 0 Å². The minimum absolute atomic E-state index is 0.0687. The van der Waals surface area contributed by atoms with Crippen molar-refractivity contribution in [3.63, 3.8) is 0 Å². The molecule has 0 bridgehead atoms. The zero-order chi connectivity index (χ0) is 14.5. The third-order valence-electron chi connectivity index (χ3n) is 3.09. The zero-order valence-electron chi connectivity index (χ0n) is 11.3. The number of halogens is 2. The SMILES string of the molecule is CCC(N)Cc1ccc(Br)cc1Oc1ccccc1F. The molecule has 0 aliphatic heterocycles. The molecule has 20 heavy (non-hydrogen) atoms. The lowest BCUT2D eigenvalue weighted by Gasteiger charge is -2.15. The van der Waals surface area contributed by atoms with E-state index in [-0.39, 0.29) is 17.6 Å². The summed E-state index contributed by atoms with van der Waals surface area (Å²) in [6, 6.07) is 12.2. The standard InChI is InChI=1S/C16H17BrFNO/c1-2-13(19)9-11-7-8-12(17)10-16(11)20-15-6-4-3-5-14(15)18/h3-8,10,13H,2,9,19H2,1H3. The van der Waals surface area contributed by atoms with E-state index in [9.17, 15) is 4.39 Å². The Morgan fingerprint density at radius 2 is 1.95 bits per heavy atom. The van der Waals surface area contributed by atoms with Gasteiger partial charge in [-0.05, 0) is 42.7 Å². The molecule has 1 unspecified atom stereocenters. The maximum absolute atomic E-state index is 13.7. The van der Waals surface area contributed by atoms with Gasteiger partial charge in [0.25, 0.3) is 0 Å². The van der Waals surface area contributed by atoms with Crippen LogP contribution in [-0.4, -0.2) is 6.04 Å². The van der Waals surface area contributed by atoms with Gasteiger partial charge in [-0.1, -0.05) is 41.1 Å². The Kier molecular flexibility index (Phi) is 5.15. The summed E-state index contributed by atoms with van der Waals surface area (Å²) in [4.78, 5) is 0. The van der Waals surface area contributed by atoms with E-state index in [1.807, 2.05) is 25.1 Å². The molecule has 2 aromatic carbocycles. The molecule has 4 heteroatoms. The summed E-state index contributed by atoms with van der Waals surface area (Å²) in [7, 11) is 0. The fraction of sp³-hybridized carbons (Fsp3) is 0.250. The summed E-state index contributed by atoms with van der Waals surface area (Å²) in [6.07, 6.45) is 1.59. The molecule has 2 N–H and O–H groups in total. The van der Waals surface area contributed by atoms with Gasteiger partial charge in [0.1, 0.15) is 5.75 Å². The minimum Gasteiger partial charge on any atom is -0.454 e. The Labute approximate surface area is 126 Å². The van der Waals surface area contributed by atoms with Crippen LogP contribution in [0.4, 0.5) is 4.39 Å². The van der Waals surface area contributed by atoms with Crippen molar-refractivity contribution in [2.75, 3.05) is 0 Å². The van der Waals surface area contributed by atoms with Crippen LogP contribution in [-0.2, 0) is 6.42 Å². The van der Waals surface area contributed by atoms with Crippen molar-refractivity contribution in [2.45, 2.75) is 25.8 Å². The summed E-state index contributed by atoms with van der Waals surface area (Å²) in [5.41, 5.74) is 6.97.